The molecular weight excluding hydrogens is 323 g/mol. The van der Waals surface area contributed by atoms with E-state index in [9.17, 15) is 9.18 Å². The number of aromatic nitrogens is 2. The minimum Gasteiger partial charge on any atom is -0.339 e. The third-order valence-corrected chi connectivity index (χ3v) is 4.56. The lowest BCUT2D eigenvalue weighted by molar-refractivity contribution is 0.169. The van der Waals surface area contributed by atoms with E-state index >= 15 is 0 Å². The highest BCUT2D eigenvalue weighted by Gasteiger charge is 2.29. The van der Waals surface area contributed by atoms with Gasteiger partial charge in [0.1, 0.15) is 5.82 Å². The number of piperidine rings is 1. The molecule has 1 fully saturated rings. The van der Waals surface area contributed by atoms with Crippen LogP contribution in [0.25, 0.3) is 11.4 Å². The van der Waals surface area contributed by atoms with Crippen molar-refractivity contribution in [2.75, 3.05) is 13.1 Å². The van der Waals surface area contributed by atoms with Crippen LogP contribution in [0.2, 0.25) is 0 Å². The zero-order valence-electron chi connectivity index (χ0n) is 14.5. The molecule has 1 aromatic carbocycles. The topological polar surface area (TPSA) is 71.3 Å². The predicted molar refractivity (Wildman–Crippen MR) is 91.5 cm³/mol. The largest absolute Gasteiger partial charge is 0.339 e. The van der Waals surface area contributed by atoms with Gasteiger partial charge in [-0.25, -0.2) is 9.18 Å². The van der Waals surface area contributed by atoms with E-state index in [-0.39, 0.29) is 23.8 Å². The lowest BCUT2D eigenvalue weighted by atomic mass is 9.98. The maximum absolute atomic E-state index is 13.4. The molecule has 0 saturated carbocycles. The number of hydrogen-bond donors (Lipinski definition) is 1. The molecular formula is C18H23FN4O2. The molecule has 1 aromatic heterocycles. The monoisotopic (exact) mass is 346 g/mol. The molecule has 2 amide bonds. The lowest BCUT2D eigenvalue weighted by Gasteiger charge is -2.31. The van der Waals surface area contributed by atoms with Gasteiger partial charge in [-0.15, -0.1) is 0 Å². The smallest absolute Gasteiger partial charge is 0.317 e. The van der Waals surface area contributed by atoms with Crippen molar-refractivity contribution in [1.29, 1.82) is 0 Å². The minimum atomic E-state index is -0.339. The van der Waals surface area contributed by atoms with Crippen molar-refractivity contribution in [3.8, 4) is 11.4 Å². The summed E-state index contributed by atoms with van der Waals surface area (Å²) in [6.07, 6.45) is 2.66. The first kappa shape index (κ1) is 17.4. The van der Waals surface area contributed by atoms with Crippen molar-refractivity contribution in [1.82, 2.24) is 20.4 Å². The van der Waals surface area contributed by atoms with Crippen LogP contribution in [0.4, 0.5) is 9.18 Å². The highest BCUT2D eigenvalue weighted by Crippen LogP contribution is 2.27. The zero-order chi connectivity index (χ0) is 17.8. The summed E-state index contributed by atoms with van der Waals surface area (Å²) in [5.41, 5.74) is 0.581. The van der Waals surface area contributed by atoms with E-state index in [2.05, 4.69) is 15.5 Å². The van der Waals surface area contributed by atoms with Gasteiger partial charge < -0.3 is 14.7 Å². The SMILES string of the molecule is CC[C@@H](C)NC(=O)N1CCC[C@H](c2nc(-c3cccc(F)c3)no2)C1. The van der Waals surface area contributed by atoms with Crippen LogP contribution in [-0.4, -0.2) is 40.2 Å². The maximum Gasteiger partial charge on any atom is 0.317 e. The third kappa shape index (κ3) is 4.15. The summed E-state index contributed by atoms with van der Waals surface area (Å²) in [4.78, 5) is 18.5. The molecule has 2 atom stereocenters. The van der Waals surface area contributed by atoms with Crippen molar-refractivity contribution in [3.63, 3.8) is 0 Å². The maximum atomic E-state index is 13.4. The summed E-state index contributed by atoms with van der Waals surface area (Å²) < 4.78 is 18.7. The number of halogens is 1. The highest BCUT2D eigenvalue weighted by atomic mass is 19.1. The van der Waals surface area contributed by atoms with E-state index in [0.717, 1.165) is 25.8 Å². The first-order valence-corrected chi connectivity index (χ1v) is 8.71. The van der Waals surface area contributed by atoms with E-state index in [4.69, 9.17) is 4.52 Å². The highest BCUT2D eigenvalue weighted by molar-refractivity contribution is 5.74. The second kappa shape index (κ2) is 7.63. The van der Waals surface area contributed by atoms with Crippen molar-refractivity contribution >= 4 is 6.03 Å². The zero-order valence-corrected chi connectivity index (χ0v) is 14.5. The molecule has 0 bridgehead atoms. The average molecular weight is 346 g/mol. The van der Waals surface area contributed by atoms with Crippen LogP contribution in [0.15, 0.2) is 28.8 Å². The Balaban J connectivity index is 1.69. The van der Waals surface area contributed by atoms with Crippen LogP contribution in [0.3, 0.4) is 0 Å². The Bertz CT molecular complexity index is 733. The number of urea groups is 1. The second-order valence-electron chi connectivity index (χ2n) is 6.51. The Hall–Kier alpha value is -2.44. The fraction of sp³-hybridized carbons (Fsp3) is 0.500. The number of benzene rings is 1. The van der Waals surface area contributed by atoms with Crippen LogP contribution < -0.4 is 5.32 Å². The number of nitrogens with zero attached hydrogens (tertiary/aromatic N) is 3. The number of carbonyl (C=O) groups is 1. The molecule has 1 saturated heterocycles. The van der Waals surface area contributed by atoms with Gasteiger partial charge in [0.15, 0.2) is 0 Å². The molecule has 2 heterocycles. The van der Waals surface area contributed by atoms with E-state index in [0.29, 0.717) is 23.8 Å². The number of hydrogen-bond acceptors (Lipinski definition) is 4. The van der Waals surface area contributed by atoms with Gasteiger partial charge in [-0.3, -0.25) is 0 Å². The molecule has 7 heteroatoms. The summed E-state index contributed by atoms with van der Waals surface area (Å²) in [5.74, 6) is 0.539. The predicted octanol–water partition coefficient (Wildman–Crippen LogP) is 3.56. The van der Waals surface area contributed by atoms with E-state index < -0.39 is 0 Å². The molecule has 2 aromatic rings. The third-order valence-electron chi connectivity index (χ3n) is 4.56. The van der Waals surface area contributed by atoms with Gasteiger partial charge in [0, 0.05) is 24.7 Å². The molecule has 0 unspecified atom stereocenters. The van der Waals surface area contributed by atoms with Crippen molar-refractivity contribution < 1.29 is 13.7 Å². The first-order chi connectivity index (χ1) is 12.1. The number of likely N-dealkylation sites (tertiary alicyclic amines) is 1. The standard InChI is InChI=1S/C18H23FN4O2/c1-3-12(2)20-18(24)23-9-5-7-14(11-23)17-21-16(22-25-17)13-6-4-8-15(19)10-13/h4,6,8,10,12,14H,3,5,7,9,11H2,1-2H3,(H,20,24)/t12-,14+/m1/s1. The normalized spacial score (nSPS) is 18.8. The van der Waals surface area contributed by atoms with E-state index in [1.54, 1.807) is 17.0 Å². The molecule has 0 spiro atoms. The van der Waals surface area contributed by atoms with E-state index in [1.165, 1.54) is 12.1 Å². The Morgan fingerprint density at radius 3 is 3.12 bits per heavy atom. The molecule has 134 valence electrons. The molecule has 1 aliphatic heterocycles. The molecule has 1 N–H and O–H groups in total. The minimum absolute atomic E-state index is 0.00578. The van der Waals surface area contributed by atoms with Gasteiger partial charge in [-0.05, 0) is 38.3 Å². The quantitative estimate of drug-likeness (QED) is 0.919. The molecule has 1 aliphatic rings. The van der Waals surface area contributed by atoms with Gasteiger partial charge in [0.05, 0.1) is 5.92 Å². The van der Waals surface area contributed by atoms with Crippen LogP contribution in [-0.2, 0) is 0 Å². The summed E-state index contributed by atoms with van der Waals surface area (Å²) in [6.45, 7) is 5.30. The molecule has 25 heavy (non-hydrogen) atoms. The van der Waals surface area contributed by atoms with Crippen LogP contribution >= 0.6 is 0 Å². The van der Waals surface area contributed by atoms with Crippen LogP contribution in [0, 0.1) is 5.82 Å². The van der Waals surface area contributed by atoms with Crippen molar-refractivity contribution in [2.24, 2.45) is 0 Å². The summed E-state index contributed by atoms with van der Waals surface area (Å²) >= 11 is 0. The number of nitrogens with one attached hydrogen (secondary N) is 1. The second-order valence-corrected chi connectivity index (χ2v) is 6.51. The molecule has 6 nitrogen and oxygen atoms in total. The van der Waals surface area contributed by atoms with Crippen LogP contribution in [0.5, 0.6) is 0 Å². The Kier molecular flexibility index (Phi) is 5.31. The van der Waals surface area contributed by atoms with Gasteiger partial charge in [0.25, 0.3) is 0 Å². The molecule has 3 rings (SSSR count). The average Bonchev–Trinajstić information content (AvgIpc) is 3.12. The van der Waals surface area contributed by atoms with Gasteiger partial charge in [-0.2, -0.15) is 4.98 Å². The molecule has 0 aliphatic carbocycles. The molecule has 0 radical (unpaired) electrons. The van der Waals surface area contributed by atoms with Gasteiger partial charge >= 0.3 is 6.03 Å². The number of amides is 2. The first-order valence-electron chi connectivity index (χ1n) is 8.71. The Labute approximate surface area is 146 Å². The summed E-state index contributed by atoms with van der Waals surface area (Å²) in [6, 6.07) is 6.20. The number of rotatable bonds is 4. The Morgan fingerprint density at radius 1 is 1.52 bits per heavy atom. The van der Waals surface area contributed by atoms with Crippen molar-refractivity contribution in [3.05, 3.63) is 36.0 Å². The van der Waals surface area contributed by atoms with Crippen molar-refractivity contribution in [2.45, 2.75) is 45.1 Å². The lowest BCUT2D eigenvalue weighted by Crippen LogP contribution is -2.47. The summed E-state index contributed by atoms with van der Waals surface area (Å²) in [5, 5.41) is 6.95. The van der Waals surface area contributed by atoms with Gasteiger partial charge in [-0.1, -0.05) is 24.2 Å². The summed E-state index contributed by atoms with van der Waals surface area (Å²) in [7, 11) is 0. The fourth-order valence-electron chi connectivity index (χ4n) is 2.91. The number of carbonyl (C=O) groups excluding carboxylic acids is 1. The fourth-order valence-corrected chi connectivity index (χ4v) is 2.91. The Morgan fingerprint density at radius 2 is 2.36 bits per heavy atom. The van der Waals surface area contributed by atoms with Crippen LogP contribution in [0.1, 0.15) is 44.9 Å². The van der Waals surface area contributed by atoms with Gasteiger partial charge in [0.2, 0.25) is 11.7 Å². The van der Waals surface area contributed by atoms with E-state index in [1.807, 2.05) is 13.8 Å².